The van der Waals surface area contributed by atoms with E-state index in [9.17, 15) is 14.6 Å². The summed E-state index contributed by atoms with van der Waals surface area (Å²) in [7, 11) is 0. The van der Waals surface area contributed by atoms with Gasteiger partial charge in [0.2, 0.25) is 0 Å². The van der Waals surface area contributed by atoms with E-state index in [4.69, 9.17) is 16.2 Å². The molecule has 0 spiro atoms. The number of nitrogens with one attached hydrogen (secondary N) is 1. The van der Waals surface area contributed by atoms with E-state index in [1.54, 1.807) is 6.08 Å². The number of aliphatic hydroxyl groups excluding tert-OH is 2. The van der Waals surface area contributed by atoms with Gasteiger partial charge in [-0.25, -0.2) is 4.39 Å². The van der Waals surface area contributed by atoms with Crippen LogP contribution in [0.1, 0.15) is 0 Å². The van der Waals surface area contributed by atoms with E-state index in [1.807, 2.05) is 0 Å². The minimum absolute atomic E-state index is 0.196. The highest BCUT2D eigenvalue weighted by Crippen LogP contribution is 2.35. The van der Waals surface area contributed by atoms with Gasteiger partial charge in [0.1, 0.15) is 17.5 Å². The zero-order valence-corrected chi connectivity index (χ0v) is 10.4. The number of rotatable bonds is 3. The fraction of sp³-hybridized carbons (Fsp3) is 0.636. The lowest BCUT2D eigenvalue weighted by atomic mass is 9.97. The van der Waals surface area contributed by atoms with Crippen LogP contribution in [0.15, 0.2) is 24.7 Å². The standard InChI is InChI=1S/C11H19FN4O3/c1-6-15-7(14)2-3-16(6)10-8(12)9(18)11(4-13,5-17)19-10/h2-3,7-10,15,17-18H,1,4-5,13-14H2/t7?,8-,9+,10-,11-/m1/s1. The predicted molar refractivity (Wildman–Crippen MR) is 65.9 cm³/mol. The highest BCUT2D eigenvalue weighted by molar-refractivity contribution is 5.14. The van der Waals surface area contributed by atoms with E-state index in [1.165, 1.54) is 11.1 Å². The van der Waals surface area contributed by atoms with Crippen LogP contribution in [-0.4, -0.2) is 58.5 Å². The summed E-state index contributed by atoms with van der Waals surface area (Å²) < 4.78 is 19.6. The second-order valence-corrected chi connectivity index (χ2v) is 4.69. The van der Waals surface area contributed by atoms with Gasteiger partial charge in [0.05, 0.1) is 12.8 Å². The molecule has 2 rings (SSSR count). The molecule has 0 radical (unpaired) electrons. The number of alkyl halides is 1. The Balaban J connectivity index is 2.23. The Labute approximate surface area is 110 Å². The van der Waals surface area contributed by atoms with Crippen molar-refractivity contribution >= 4 is 0 Å². The maximum Gasteiger partial charge on any atom is 0.174 e. The number of nitrogens with zero attached hydrogens (tertiary/aromatic N) is 1. The first kappa shape index (κ1) is 14.2. The molecule has 0 aromatic carbocycles. The van der Waals surface area contributed by atoms with Gasteiger partial charge in [0.25, 0.3) is 0 Å². The van der Waals surface area contributed by atoms with E-state index in [0.29, 0.717) is 5.82 Å². The molecule has 0 saturated carbocycles. The number of ether oxygens (including phenoxy) is 1. The second kappa shape index (κ2) is 5.06. The number of hydrogen-bond donors (Lipinski definition) is 5. The summed E-state index contributed by atoms with van der Waals surface area (Å²) in [5.41, 5.74) is 9.60. The van der Waals surface area contributed by atoms with Crippen LogP contribution >= 0.6 is 0 Å². The van der Waals surface area contributed by atoms with Gasteiger partial charge in [-0.3, -0.25) is 0 Å². The molecule has 2 aliphatic rings. The summed E-state index contributed by atoms with van der Waals surface area (Å²) in [6.45, 7) is 2.94. The highest BCUT2D eigenvalue weighted by Gasteiger charge is 2.56. The van der Waals surface area contributed by atoms with Gasteiger partial charge in [-0.1, -0.05) is 6.58 Å². The molecule has 7 N–H and O–H groups in total. The Morgan fingerprint density at radius 2 is 2.32 bits per heavy atom. The zero-order valence-electron chi connectivity index (χ0n) is 10.4. The monoisotopic (exact) mass is 274 g/mol. The quantitative estimate of drug-likeness (QED) is 0.400. The molecule has 1 fully saturated rings. The average molecular weight is 274 g/mol. The molecule has 0 aliphatic carbocycles. The highest BCUT2D eigenvalue weighted by atomic mass is 19.1. The van der Waals surface area contributed by atoms with Crippen molar-refractivity contribution < 1.29 is 19.3 Å². The lowest BCUT2D eigenvalue weighted by Crippen LogP contribution is -2.51. The summed E-state index contributed by atoms with van der Waals surface area (Å²) in [5.74, 6) is 0.348. The molecule has 0 aromatic heterocycles. The Hall–Kier alpha value is -1.19. The van der Waals surface area contributed by atoms with Crippen molar-refractivity contribution in [3.05, 3.63) is 24.7 Å². The minimum Gasteiger partial charge on any atom is -0.393 e. The van der Waals surface area contributed by atoms with Crippen molar-refractivity contribution in [1.29, 1.82) is 0 Å². The summed E-state index contributed by atoms with van der Waals surface area (Å²) in [5, 5.41) is 22.0. The maximum absolute atomic E-state index is 14.2. The lowest BCUT2D eigenvalue weighted by molar-refractivity contribution is -0.129. The fourth-order valence-electron chi connectivity index (χ4n) is 2.22. The SMILES string of the molecule is C=C1NC(N)C=CN1[C@@H]1O[C@](CN)(CO)[C@@H](O)[C@H]1F. The normalized spacial score (nSPS) is 42.6. The number of hydrogen-bond acceptors (Lipinski definition) is 7. The fourth-order valence-corrected chi connectivity index (χ4v) is 2.22. The van der Waals surface area contributed by atoms with Gasteiger partial charge in [0, 0.05) is 12.7 Å². The van der Waals surface area contributed by atoms with Crippen LogP contribution in [0.25, 0.3) is 0 Å². The van der Waals surface area contributed by atoms with Gasteiger partial charge in [-0.2, -0.15) is 0 Å². The second-order valence-electron chi connectivity index (χ2n) is 4.69. The van der Waals surface area contributed by atoms with Crippen LogP contribution in [0, 0.1) is 0 Å². The number of aliphatic hydroxyl groups is 2. The molecule has 0 aromatic rings. The molecule has 2 heterocycles. The first-order valence-electron chi connectivity index (χ1n) is 5.94. The van der Waals surface area contributed by atoms with Gasteiger partial charge >= 0.3 is 0 Å². The van der Waals surface area contributed by atoms with Gasteiger partial charge < -0.3 is 36.6 Å². The third-order valence-electron chi connectivity index (χ3n) is 3.45. The van der Waals surface area contributed by atoms with Crippen LogP contribution < -0.4 is 16.8 Å². The lowest BCUT2D eigenvalue weighted by Gasteiger charge is -2.35. The largest absolute Gasteiger partial charge is 0.393 e. The molecule has 8 heteroatoms. The number of nitrogens with two attached hydrogens (primary N) is 2. The molecule has 7 nitrogen and oxygen atoms in total. The van der Waals surface area contributed by atoms with Gasteiger partial charge in [-0.15, -0.1) is 0 Å². The third-order valence-corrected chi connectivity index (χ3v) is 3.45. The molecule has 108 valence electrons. The van der Waals surface area contributed by atoms with Crippen LogP contribution in [-0.2, 0) is 4.74 Å². The molecule has 1 saturated heterocycles. The Kier molecular flexibility index (Phi) is 3.79. The van der Waals surface area contributed by atoms with Crippen molar-refractivity contribution in [3.8, 4) is 0 Å². The molecule has 0 bridgehead atoms. The molecule has 2 aliphatic heterocycles. The van der Waals surface area contributed by atoms with Crippen molar-refractivity contribution in [1.82, 2.24) is 10.2 Å². The molecule has 19 heavy (non-hydrogen) atoms. The molecular weight excluding hydrogens is 255 g/mol. The molecule has 5 atom stereocenters. The third kappa shape index (κ3) is 2.21. The Morgan fingerprint density at radius 3 is 2.79 bits per heavy atom. The Morgan fingerprint density at radius 1 is 1.63 bits per heavy atom. The van der Waals surface area contributed by atoms with Crippen molar-refractivity contribution in [3.63, 3.8) is 0 Å². The summed E-state index contributed by atoms with van der Waals surface area (Å²) >= 11 is 0. The molecule has 1 unspecified atom stereocenters. The zero-order chi connectivity index (χ0) is 14.2. The Bertz CT molecular complexity index is 388. The van der Waals surface area contributed by atoms with Crippen molar-refractivity contribution in [2.24, 2.45) is 11.5 Å². The van der Waals surface area contributed by atoms with Crippen LogP contribution in [0.5, 0.6) is 0 Å². The first-order chi connectivity index (χ1) is 8.95. The first-order valence-corrected chi connectivity index (χ1v) is 5.94. The van der Waals surface area contributed by atoms with Crippen LogP contribution in [0.2, 0.25) is 0 Å². The van der Waals surface area contributed by atoms with Crippen molar-refractivity contribution in [2.75, 3.05) is 13.2 Å². The van der Waals surface area contributed by atoms with Gasteiger partial charge in [-0.05, 0) is 6.08 Å². The van der Waals surface area contributed by atoms with Crippen LogP contribution in [0.4, 0.5) is 4.39 Å². The maximum atomic E-state index is 14.2. The van der Waals surface area contributed by atoms with E-state index in [-0.39, 0.29) is 6.54 Å². The molecular formula is C11H19FN4O3. The summed E-state index contributed by atoms with van der Waals surface area (Å²) in [4.78, 5) is 1.38. The smallest absolute Gasteiger partial charge is 0.174 e. The van der Waals surface area contributed by atoms with E-state index >= 15 is 0 Å². The van der Waals surface area contributed by atoms with E-state index < -0.39 is 36.9 Å². The average Bonchev–Trinajstić information content (AvgIpc) is 2.64. The van der Waals surface area contributed by atoms with E-state index in [0.717, 1.165) is 0 Å². The topological polar surface area (TPSA) is 117 Å². The summed E-state index contributed by atoms with van der Waals surface area (Å²) in [6.07, 6.45) is -1.65. The summed E-state index contributed by atoms with van der Waals surface area (Å²) in [6, 6.07) is 0. The molecule has 0 amide bonds. The van der Waals surface area contributed by atoms with E-state index in [2.05, 4.69) is 11.9 Å². The predicted octanol–water partition coefficient (Wildman–Crippen LogP) is -2.09. The van der Waals surface area contributed by atoms with Crippen molar-refractivity contribution in [2.45, 2.75) is 30.3 Å². The number of halogens is 1. The van der Waals surface area contributed by atoms with Gasteiger partial charge in [0.15, 0.2) is 12.4 Å². The minimum atomic E-state index is -1.73. The van der Waals surface area contributed by atoms with Crippen LogP contribution in [0.3, 0.4) is 0 Å².